The zero-order chi connectivity index (χ0) is 13.4. The summed E-state index contributed by atoms with van der Waals surface area (Å²) in [7, 11) is 0. The van der Waals surface area contributed by atoms with Gasteiger partial charge in [0.05, 0.1) is 22.8 Å². The second-order valence-electron chi connectivity index (χ2n) is 4.09. The fraction of sp³-hybridized carbons (Fsp3) is 0.364. The number of carbonyl (C=O) groups is 1. The van der Waals surface area contributed by atoms with Crippen molar-refractivity contribution in [1.82, 2.24) is 4.90 Å². The Labute approximate surface area is 106 Å². The van der Waals surface area contributed by atoms with Crippen molar-refractivity contribution in [1.29, 1.82) is 0 Å². The maximum atomic E-state index is 13.5. The molecule has 0 spiro atoms. The molecule has 2 unspecified atom stereocenters. The molecule has 2 atom stereocenters. The van der Waals surface area contributed by atoms with Crippen molar-refractivity contribution in [2.75, 3.05) is 13.1 Å². The summed E-state index contributed by atoms with van der Waals surface area (Å²) in [6, 6.07) is 1.42. The van der Waals surface area contributed by atoms with Crippen molar-refractivity contribution in [3.05, 3.63) is 34.4 Å². The molecule has 4 nitrogen and oxygen atoms in total. The van der Waals surface area contributed by atoms with Crippen molar-refractivity contribution in [2.45, 2.75) is 12.2 Å². The van der Waals surface area contributed by atoms with Crippen LogP contribution in [-0.2, 0) is 0 Å². The maximum Gasteiger partial charge on any atom is 0.257 e. The number of carbonyl (C=O) groups excluding carboxylic acids is 1. The molecular weight excluding hydrogens is 268 g/mol. The Kier molecular flexibility index (Phi) is 3.52. The molecule has 2 rings (SSSR count). The topological polar surface area (TPSA) is 60.8 Å². The summed E-state index contributed by atoms with van der Waals surface area (Å²) in [6.07, 6.45) is -2.15. The molecule has 98 valence electrons. The fourth-order valence-electron chi connectivity index (χ4n) is 1.79. The van der Waals surface area contributed by atoms with E-state index < -0.39 is 40.3 Å². The minimum atomic E-state index is -1.07. The lowest BCUT2D eigenvalue weighted by Gasteiger charge is -2.15. The molecule has 1 aromatic carbocycles. The Morgan fingerprint density at radius 2 is 1.78 bits per heavy atom. The van der Waals surface area contributed by atoms with Crippen LogP contribution in [0.1, 0.15) is 10.4 Å². The monoisotopic (exact) mass is 277 g/mol. The smallest absolute Gasteiger partial charge is 0.257 e. The number of rotatable bonds is 1. The highest BCUT2D eigenvalue weighted by Crippen LogP contribution is 2.22. The molecule has 1 aliphatic heterocycles. The van der Waals surface area contributed by atoms with E-state index in [4.69, 9.17) is 11.6 Å². The molecule has 0 aromatic heterocycles. The van der Waals surface area contributed by atoms with E-state index in [1.807, 2.05) is 0 Å². The molecule has 0 radical (unpaired) electrons. The third-order valence-electron chi connectivity index (χ3n) is 2.79. The molecule has 2 N–H and O–H groups in total. The van der Waals surface area contributed by atoms with E-state index in [2.05, 4.69) is 0 Å². The minimum absolute atomic E-state index is 0.121. The van der Waals surface area contributed by atoms with Gasteiger partial charge in [-0.25, -0.2) is 8.78 Å². The lowest BCUT2D eigenvalue weighted by atomic mass is 10.2. The summed E-state index contributed by atoms with van der Waals surface area (Å²) in [4.78, 5) is 12.9. The van der Waals surface area contributed by atoms with E-state index in [1.54, 1.807) is 0 Å². The maximum absolute atomic E-state index is 13.5. The molecule has 0 saturated carbocycles. The first-order valence-corrected chi connectivity index (χ1v) is 5.58. The third kappa shape index (κ3) is 2.31. The highest BCUT2D eigenvalue weighted by Gasteiger charge is 2.34. The lowest BCUT2D eigenvalue weighted by molar-refractivity contribution is 0.0572. The molecule has 1 heterocycles. The summed E-state index contributed by atoms with van der Waals surface area (Å²) >= 11 is 5.38. The van der Waals surface area contributed by atoms with Gasteiger partial charge in [0.15, 0.2) is 0 Å². The van der Waals surface area contributed by atoms with Gasteiger partial charge in [0.1, 0.15) is 11.6 Å². The molecule has 18 heavy (non-hydrogen) atoms. The van der Waals surface area contributed by atoms with Gasteiger partial charge in [0.25, 0.3) is 5.91 Å². The quantitative estimate of drug-likeness (QED) is 0.747. The molecule has 0 aliphatic carbocycles. The summed E-state index contributed by atoms with van der Waals surface area (Å²) in [6.45, 7) is -0.243. The van der Waals surface area contributed by atoms with Gasteiger partial charge >= 0.3 is 0 Å². The second-order valence-corrected chi connectivity index (χ2v) is 4.50. The van der Waals surface area contributed by atoms with Gasteiger partial charge in [-0.05, 0) is 12.1 Å². The van der Waals surface area contributed by atoms with Crippen molar-refractivity contribution in [2.24, 2.45) is 0 Å². The van der Waals surface area contributed by atoms with Crippen LogP contribution in [0.2, 0.25) is 5.02 Å². The van der Waals surface area contributed by atoms with Crippen LogP contribution in [0.25, 0.3) is 0 Å². The number of β-amino-alcohol motifs (C(OH)–C–C–N with tert-alkyl or cyclic N) is 2. The van der Waals surface area contributed by atoms with E-state index in [0.29, 0.717) is 12.1 Å². The number of benzene rings is 1. The number of amides is 1. The number of halogens is 3. The predicted molar refractivity (Wildman–Crippen MR) is 59.3 cm³/mol. The van der Waals surface area contributed by atoms with E-state index >= 15 is 0 Å². The lowest BCUT2D eigenvalue weighted by Crippen LogP contribution is -2.30. The van der Waals surface area contributed by atoms with Crippen LogP contribution >= 0.6 is 11.6 Å². The van der Waals surface area contributed by atoms with Crippen LogP contribution < -0.4 is 0 Å². The molecule has 1 fully saturated rings. The van der Waals surface area contributed by atoms with Gasteiger partial charge in [-0.1, -0.05) is 11.6 Å². The van der Waals surface area contributed by atoms with Gasteiger partial charge in [-0.2, -0.15) is 0 Å². The van der Waals surface area contributed by atoms with E-state index in [9.17, 15) is 23.8 Å². The van der Waals surface area contributed by atoms with Gasteiger partial charge < -0.3 is 15.1 Å². The van der Waals surface area contributed by atoms with E-state index in [0.717, 1.165) is 4.90 Å². The van der Waals surface area contributed by atoms with E-state index in [-0.39, 0.29) is 13.1 Å². The first-order chi connectivity index (χ1) is 8.40. The zero-order valence-electron chi connectivity index (χ0n) is 9.11. The van der Waals surface area contributed by atoms with Crippen LogP contribution in [0, 0.1) is 11.6 Å². The van der Waals surface area contributed by atoms with Crippen molar-refractivity contribution in [3.63, 3.8) is 0 Å². The highest BCUT2D eigenvalue weighted by atomic mass is 35.5. The van der Waals surface area contributed by atoms with Crippen LogP contribution in [-0.4, -0.2) is 46.3 Å². The van der Waals surface area contributed by atoms with Gasteiger partial charge in [0, 0.05) is 13.1 Å². The fourth-order valence-corrected chi connectivity index (χ4v) is 1.94. The largest absolute Gasteiger partial charge is 0.388 e. The number of nitrogens with zero attached hydrogens (tertiary/aromatic N) is 1. The Morgan fingerprint density at radius 3 is 2.33 bits per heavy atom. The standard InChI is InChI=1S/C11H10ClF2NO3/c12-6-2-7(13)5(1-8(6)14)11(18)15-3-9(16)10(17)4-15/h1-2,9-10,16-17H,3-4H2. The average Bonchev–Trinajstić information content (AvgIpc) is 2.63. The number of hydrogen-bond acceptors (Lipinski definition) is 3. The summed E-state index contributed by atoms with van der Waals surface area (Å²) < 4.78 is 26.7. The average molecular weight is 278 g/mol. The summed E-state index contributed by atoms with van der Waals surface area (Å²) in [5.74, 6) is -2.64. The highest BCUT2D eigenvalue weighted by molar-refractivity contribution is 6.30. The van der Waals surface area contributed by atoms with Crippen LogP contribution in [0.15, 0.2) is 12.1 Å². The van der Waals surface area contributed by atoms with Crippen molar-refractivity contribution < 1.29 is 23.8 Å². The van der Waals surface area contributed by atoms with Crippen LogP contribution in [0.3, 0.4) is 0 Å². The predicted octanol–water partition coefficient (Wildman–Crippen LogP) is 0.796. The molecule has 1 aliphatic rings. The van der Waals surface area contributed by atoms with E-state index in [1.165, 1.54) is 0 Å². The molecular formula is C11H10ClF2NO3. The Morgan fingerprint density at radius 1 is 1.22 bits per heavy atom. The first kappa shape index (κ1) is 13.2. The van der Waals surface area contributed by atoms with Gasteiger partial charge in [-0.15, -0.1) is 0 Å². The summed E-state index contributed by atoms with van der Waals surface area (Å²) in [5, 5.41) is 18.2. The molecule has 7 heteroatoms. The van der Waals surface area contributed by atoms with Gasteiger partial charge in [-0.3, -0.25) is 4.79 Å². The number of aliphatic hydroxyl groups excluding tert-OH is 2. The van der Waals surface area contributed by atoms with Gasteiger partial charge in [0.2, 0.25) is 0 Å². The molecule has 1 saturated heterocycles. The SMILES string of the molecule is O=C(c1cc(F)c(Cl)cc1F)N1CC(O)C(O)C1. The Balaban J connectivity index is 2.27. The first-order valence-electron chi connectivity index (χ1n) is 5.20. The number of likely N-dealkylation sites (tertiary alicyclic amines) is 1. The molecule has 0 bridgehead atoms. The zero-order valence-corrected chi connectivity index (χ0v) is 9.86. The number of aliphatic hydroxyl groups is 2. The summed E-state index contributed by atoms with van der Waals surface area (Å²) in [5.41, 5.74) is -0.474. The van der Waals surface area contributed by atoms with Crippen molar-refractivity contribution >= 4 is 17.5 Å². The van der Waals surface area contributed by atoms with Crippen molar-refractivity contribution in [3.8, 4) is 0 Å². The normalized spacial score (nSPS) is 23.5. The molecule has 1 amide bonds. The minimum Gasteiger partial charge on any atom is -0.388 e. The van der Waals surface area contributed by atoms with Crippen LogP contribution in [0.4, 0.5) is 8.78 Å². The molecule has 1 aromatic rings. The van der Waals surface area contributed by atoms with Crippen LogP contribution in [0.5, 0.6) is 0 Å². The Hall–Kier alpha value is -1.24. The number of hydrogen-bond donors (Lipinski definition) is 2. The Bertz CT molecular complexity index is 487. The third-order valence-corrected chi connectivity index (χ3v) is 3.08. The second kappa shape index (κ2) is 4.79.